The third-order valence-electron chi connectivity index (χ3n) is 3.36. The minimum atomic E-state index is -0.223. The highest BCUT2D eigenvalue weighted by Crippen LogP contribution is 2.20. The third kappa shape index (κ3) is 4.81. The van der Waals surface area contributed by atoms with Gasteiger partial charge in [-0.3, -0.25) is 0 Å². The monoisotopic (exact) mass is 229 g/mol. The van der Waals surface area contributed by atoms with E-state index in [0.29, 0.717) is 24.6 Å². The van der Waals surface area contributed by atoms with Gasteiger partial charge in [-0.25, -0.2) is 0 Å². The molecule has 0 amide bonds. The van der Waals surface area contributed by atoms with Crippen molar-refractivity contribution >= 4 is 0 Å². The van der Waals surface area contributed by atoms with Crippen LogP contribution in [0.3, 0.4) is 0 Å². The summed E-state index contributed by atoms with van der Waals surface area (Å²) < 4.78 is 5.47. The summed E-state index contributed by atoms with van der Waals surface area (Å²) in [5.41, 5.74) is 0. The molecule has 0 saturated heterocycles. The number of ether oxygens (including phenoxy) is 1. The van der Waals surface area contributed by atoms with Crippen LogP contribution in [-0.4, -0.2) is 37.0 Å². The van der Waals surface area contributed by atoms with E-state index in [1.807, 2.05) is 0 Å². The number of hydrogen-bond donors (Lipinski definition) is 2. The van der Waals surface area contributed by atoms with E-state index < -0.39 is 0 Å². The van der Waals surface area contributed by atoms with Gasteiger partial charge in [0.05, 0.1) is 12.2 Å². The van der Waals surface area contributed by atoms with Crippen molar-refractivity contribution in [2.24, 2.45) is 5.92 Å². The first-order valence-electron chi connectivity index (χ1n) is 6.57. The quantitative estimate of drug-likeness (QED) is 0.731. The van der Waals surface area contributed by atoms with Crippen LogP contribution in [0.1, 0.15) is 46.0 Å². The van der Waals surface area contributed by atoms with Crippen molar-refractivity contribution in [2.45, 2.75) is 64.2 Å². The molecule has 3 atom stereocenters. The first-order valence-corrected chi connectivity index (χ1v) is 6.57. The Balaban J connectivity index is 2.24. The molecule has 3 unspecified atom stereocenters. The molecule has 1 aliphatic rings. The average Bonchev–Trinajstić information content (AvgIpc) is 2.26. The van der Waals surface area contributed by atoms with Crippen molar-refractivity contribution < 1.29 is 9.84 Å². The highest BCUT2D eigenvalue weighted by molar-refractivity contribution is 4.82. The molecule has 3 nitrogen and oxygen atoms in total. The lowest BCUT2D eigenvalue weighted by Gasteiger charge is -2.32. The van der Waals surface area contributed by atoms with Gasteiger partial charge in [0.15, 0.2) is 0 Å². The number of hydrogen-bond acceptors (Lipinski definition) is 3. The molecule has 16 heavy (non-hydrogen) atoms. The minimum absolute atomic E-state index is 0.223. The summed E-state index contributed by atoms with van der Waals surface area (Å²) in [6.07, 6.45) is 5.85. The Labute approximate surface area is 99.6 Å². The van der Waals surface area contributed by atoms with Gasteiger partial charge in [0.1, 0.15) is 0 Å². The van der Waals surface area contributed by atoms with Crippen LogP contribution in [0.25, 0.3) is 0 Å². The van der Waals surface area contributed by atoms with Crippen molar-refractivity contribution in [2.75, 3.05) is 13.7 Å². The van der Waals surface area contributed by atoms with E-state index in [0.717, 1.165) is 12.8 Å². The van der Waals surface area contributed by atoms with Gasteiger partial charge in [-0.2, -0.15) is 0 Å². The van der Waals surface area contributed by atoms with Crippen LogP contribution < -0.4 is 5.32 Å². The molecule has 0 radical (unpaired) electrons. The standard InChI is InChI=1S/C13H27NO2/c1-10(2)8-11(15)9-14-12-6-4-5-7-13(12)16-3/h10-15H,4-9H2,1-3H3. The second-order valence-electron chi connectivity index (χ2n) is 5.36. The molecule has 0 aliphatic heterocycles. The summed E-state index contributed by atoms with van der Waals surface area (Å²) in [5, 5.41) is 13.3. The maximum absolute atomic E-state index is 9.81. The lowest BCUT2D eigenvalue weighted by Crippen LogP contribution is -2.46. The molecule has 0 aromatic carbocycles. The molecular weight excluding hydrogens is 202 g/mol. The van der Waals surface area contributed by atoms with E-state index in [9.17, 15) is 5.11 Å². The predicted octanol–water partition coefficient (Wildman–Crippen LogP) is 1.94. The Morgan fingerprint density at radius 3 is 2.62 bits per heavy atom. The second-order valence-corrected chi connectivity index (χ2v) is 5.36. The van der Waals surface area contributed by atoms with Crippen molar-refractivity contribution in [3.05, 3.63) is 0 Å². The van der Waals surface area contributed by atoms with Gasteiger partial charge < -0.3 is 15.2 Å². The number of aliphatic hydroxyl groups excluding tert-OH is 1. The molecule has 0 heterocycles. The second kappa shape index (κ2) is 7.25. The fourth-order valence-corrected chi connectivity index (χ4v) is 2.53. The van der Waals surface area contributed by atoms with Crippen LogP contribution in [0.4, 0.5) is 0 Å². The van der Waals surface area contributed by atoms with Gasteiger partial charge in [-0.05, 0) is 25.2 Å². The zero-order chi connectivity index (χ0) is 12.0. The maximum Gasteiger partial charge on any atom is 0.0724 e. The Kier molecular flexibility index (Phi) is 6.32. The molecule has 1 rings (SSSR count). The Hall–Kier alpha value is -0.120. The van der Waals surface area contributed by atoms with E-state index >= 15 is 0 Å². The zero-order valence-electron chi connectivity index (χ0n) is 10.9. The van der Waals surface area contributed by atoms with Gasteiger partial charge in [-0.1, -0.05) is 26.7 Å². The summed E-state index contributed by atoms with van der Waals surface area (Å²) >= 11 is 0. The summed E-state index contributed by atoms with van der Waals surface area (Å²) in [5.74, 6) is 0.557. The van der Waals surface area contributed by atoms with Crippen molar-refractivity contribution in [3.8, 4) is 0 Å². The minimum Gasteiger partial charge on any atom is -0.392 e. The number of nitrogens with one attached hydrogen (secondary N) is 1. The van der Waals surface area contributed by atoms with Crippen molar-refractivity contribution in [1.82, 2.24) is 5.32 Å². The van der Waals surface area contributed by atoms with Gasteiger partial charge in [0.25, 0.3) is 0 Å². The molecule has 0 aromatic rings. The summed E-state index contributed by atoms with van der Waals surface area (Å²) in [7, 11) is 1.79. The Bertz CT molecular complexity index is 185. The first-order chi connectivity index (χ1) is 7.63. The number of aliphatic hydroxyl groups is 1. The van der Waals surface area contributed by atoms with E-state index in [2.05, 4.69) is 19.2 Å². The lowest BCUT2D eigenvalue weighted by atomic mass is 9.92. The molecule has 0 spiro atoms. The largest absolute Gasteiger partial charge is 0.392 e. The Morgan fingerprint density at radius 1 is 1.31 bits per heavy atom. The lowest BCUT2D eigenvalue weighted by molar-refractivity contribution is 0.0353. The van der Waals surface area contributed by atoms with E-state index in [-0.39, 0.29) is 6.10 Å². The highest BCUT2D eigenvalue weighted by Gasteiger charge is 2.24. The summed E-state index contributed by atoms with van der Waals surface area (Å²) in [6, 6.07) is 0.431. The van der Waals surface area contributed by atoms with Crippen LogP contribution in [0.5, 0.6) is 0 Å². The van der Waals surface area contributed by atoms with Gasteiger partial charge in [-0.15, -0.1) is 0 Å². The van der Waals surface area contributed by atoms with Crippen LogP contribution in [0.2, 0.25) is 0 Å². The maximum atomic E-state index is 9.81. The molecule has 2 N–H and O–H groups in total. The number of rotatable bonds is 6. The van der Waals surface area contributed by atoms with Crippen LogP contribution in [-0.2, 0) is 4.74 Å². The van der Waals surface area contributed by atoms with Crippen LogP contribution in [0, 0.1) is 5.92 Å². The molecule has 3 heteroatoms. The Morgan fingerprint density at radius 2 is 2.00 bits per heavy atom. The molecular formula is C13H27NO2. The molecule has 0 bridgehead atoms. The van der Waals surface area contributed by atoms with Crippen molar-refractivity contribution in [1.29, 1.82) is 0 Å². The van der Waals surface area contributed by atoms with Gasteiger partial charge in [0, 0.05) is 19.7 Å². The summed E-state index contributed by atoms with van der Waals surface area (Å²) in [4.78, 5) is 0. The third-order valence-corrected chi connectivity index (χ3v) is 3.36. The smallest absolute Gasteiger partial charge is 0.0724 e. The fraction of sp³-hybridized carbons (Fsp3) is 1.00. The van der Waals surface area contributed by atoms with Crippen LogP contribution >= 0.6 is 0 Å². The topological polar surface area (TPSA) is 41.5 Å². The highest BCUT2D eigenvalue weighted by atomic mass is 16.5. The molecule has 96 valence electrons. The molecule has 1 saturated carbocycles. The number of methoxy groups -OCH3 is 1. The molecule has 0 aromatic heterocycles. The normalized spacial score (nSPS) is 28.3. The van der Waals surface area contributed by atoms with Crippen LogP contribution in [0.15, 0.2) is 0 Å². The zero-order valence-corrected chi connectivity index (χ0v) is 10.9. The fourth-order valence-electron chi connectivity index (χ4n) is 2.53. The average molecular weight is 229 g/mol. The summed E-state index contributed by atoms with van der Waals surface area (Å²) in [6.45, 7) is 4.98. The molecule has 1 fully saturated rings. The predicted molar refractivity (Wildman–Crippen MR) is 66.5 cm³/mol. The van der Waals surface area contributed by atoms with Gasteiger partial charge in [0.2, 0.25) is 0 Å². The van der Waals surface area contributed by atoms with E-state index in [1.165, 1.54) is 19.3 Å². The van der Waals surface area contributed by atoms with E-state index in [1.54, 1.807) is 7.11 Å². The first kappa shape index (κ1) is 13.9. The SMILES string of the molecule is COC1CCCCC1NCC(O)CC(C)C. The van der Waals surface area contributed by atoms with Crippen molar-refractivity contribution in [3.63, 3.8) is 0 Å². The molecule has 1 aliphatic carbocycles. The van der Waals surface area contributed by atoms with Gasteiger partial charge >= 0.3 is 0 Å². The van der Waals surface area contributed by atoms with E-state index in [4.69, 9.17) is 4.74 Å².